The number of hydrogen-bond donors (Lipinski definition) is 0. The molecule has 48 heavy (non-hydrogen) atoms. The molecule has 2 aromatic heterocycles. The number of thiophene rings is 2. The second-order valence-corrected chi connectivity index (χ2v) is 14.0. The molecule has 5 aromatic rings. The maximum absolute atomic E-state index is 15.9. The molecule has 0 aliphatic heterocycles. The van der Waals surface area contributed by atoms with Crippen LogP contribution in [0.2, 0.25) is 0 Å². The van der Waals surface area contributed by atoms with Crippen molar-refractivity contribution in [2.75, 3.05) is 14.2 Å². The molecule has 0 saturated heterocycles. The molecule has 0 amide bonds. The van der Waals surface area contributed by atoms with Crippen LogP contribution in [-0.2, 0) is 0 Å². The number of halogens is 6. The molecule has 1 aliphatic rings. The van der Waals surface area contributed by atoms with Crippen molar-refractivity contribution >= 4 is 56.1 Å². The fourth-order valence-electron chi connectivity index (χ4n) is 6.11. The van der Waals surface area contributed by atoms with Crippen molar-refractivity contribution in [1.82, 2.24) is 0 Å². The Hall–Kier alpha value is -4.28. The molecule has 10 heteroatoms. The van der Waals surface area contributed by atoms with Gasteiger partial charge < -0.3 is 9.47 Å². The van der Waals surface area contributed by atoms with Crippen LogP contribution in [0.15, 0.2) is 78.9 Å². The summed E-state index contributed by atoms with van der Waals surface area (Å²) < 4.78 is 105. The predicted molar refractivity (Wildman–Crippen MR) is 185 cm³/mol. The lowest BCUT2D eigenvalue weighted by molar-refractivity contribution is -0.254. The lowest BCUT2D eigenvalue weighted by Crippen LogP contribution is -2.49. The maximum Gasteiger partial charge on any atom is 0.380 e. The summed E-state index contributed by atoms with van der Waals surface area (Å²) in [6.45, 7) is 4.49. The Bertz CT molecular complexity index is 2100. The minimum Gasteiger partial charge on any atom is -0.497 e. The molecule has 3 aromatic carbocycles. The van der Waals surface area contributed by atoms with Gasteiger partial charge in [-0.15, -0.1) is 22.7 Å². The first-order valence-electron chi connectivity index (χ1n) is 14.9. The molecule has 6 rings (SSSR count). The van der Waals surface area contributed by atoms with E-state index in [1.807, 2.05) is 30.3 Å². The average molecular weight is 697 g/mol. The molecular weight excluding hydrogens is 667 g/mol. The van der Waals surface area contributed by atoms with E-state index < -0.39 is 28.9 Å². The van der Waals surface area contributed by atoms with Crippen molar-refractivity contribution in [3.63, 3.8) is 0 Å². The molecule has 0 fully saturated rings. The number of rotatable bonds is 8. The van der Waals surface area contributed by atoms with Crippen LogP contribution in [0, 0.1) is 20.8 Å². The van der Waals surface area contributed by atoms with Gasteiger partial charge in [-0.1, -0.05) is 54.6 Å². The molecular formula is C38H30F6O2S2. The van der Waals surface area contributed by atoms with Gasteiger partial charge in [0, 0.05) is 47.0 Å². The summed E-state index contributed by atoms with van der Waals surface area (Å²) in [6.07, 6.45) is 6.92. The molecule has 0 spiro atoms. The van der Waals surface area contributed by atoms with Crippen molar-refractivity contribution in [3.8, 4) is 22.6 Å². The van der Waals surface area contributed by atoms with Crippen LogP contribution in [0.25, 0.3) is 44.5 Å². The van der Waals surface area contributed by atoms with E-state index in [0.717, 1.165) is 39.4 Å². The van der Waals surface area contributed by atoms with E-state index in [2.05, 4.69) is 0 Å². The highest BCUT2D eigenvalue weighted by Gasteiger charge is 2.80. The van der Waals surface area contributed by atoms with Gasteiger partial charge in [0.05, 0.1) is 14.2 Å². The van der Waals surface area contributed by atoms with Gasteiger partial charge in [-0.05, 0) is 79.4 Å². The quantitative estimate of drug-likeness (QED) is 0.119. The highest BCUT2D eigenvalue weighted by molar-refractivity contribution is 7.19. The standard InChI is InChI=1S/C38H30F6O2S2/c1-21-30(9-7-6-8-24-10-15-27(45-4)16-11-24)47-22(2)32(21)34-35(37(41,42)38(43,44)36(34,39)40)33-23(3)48-31-20-26(14-19-29(31)33)25-12-17-28(46-5)18-13-25/h6-20H,1-5H3. The van der Waals surface area contributed by atoms with Gasteiger partial charge in [0.15, 0.2) is 0 Å². The van der Waals surface area contributed by atoms with Crippen molar-refractivity contribution in [2.45, 2.75) is 38.5 Å². The number of ether oxygens (including phenoxy) is 2. The van der Waals surface area contributed by atoms with Crippen LogP contribution < -0.4 is 9.47 Å². The van der Waals surface area contributed by atoms with E-state index >= 15 is 26.3 Å². The fourth-order valence-corrected chi connectivity index (χ4v) is 8.31. The smallest absolute Gasteiger partial charge is 0.380 e. The Balaban J connectivity index is 1.47. The summed E-state index contributed by atoms with van der Waals surface area (Å²) in [5.41, 5.74) is -0.509. The molecule has 2 nitrogen and oxygen atoms in total. The molecule has 248 valence electrons. The Morgan fingerprint density at radius 1 is 0.604 bits per heavy atom. The first-order chi connectivity index (χ1) is 22.7. The Kier molecular flexibility index (Phi) is 8.62. The highest BCUT2D eigenvalue weighted by Crippen LogP contribution is 2.66. The van der Waals surface area contributed by atoms with Crippen molar-refractivity contribution in [1.29, 1.82) is 0 Å². The summed E-state index contributed by atoms with van der Waals surface area (Å²) in [5, 5.41) is 0.213. The molecule has 2 heterocycles. The van der Waals surface area contributed by atoms with E-state index in [1.54, 1.807) is 74.9 Å². The van der Waals surface area contributed by atoms with E-state index in [1.165, 1.54) is 20.8 Å². The number of allylic oxidation sites excluding steroid dienone is 4. The summed E-state index contributed by atoms with van der Waals surface area (Å²) in [4.78, 5) is 0.983. The predicted octanol–water partition coefficient (Wildman–Crippen LogP) is 12.1. The zero-order valence-corrected chi connectivity index (χ0v) is 28.2. The third kappa shape index (κ3) is 5.35. The van der Waals surface area contributed by atoms with Gasteiger partial charge >= 0.3 is 17.8 Å². The summed E-state index contributed by atoms with van der Waals surface area (Å²) >= 11 is 2.19. The number of hydrogen-bond acceptors (Lipinski definition) is 4. The normalized spacial score (nSPS) is 16.9. The van der Waals surface area contributed by atoms with Gasteiger partial charge in [-0.25, -0.2) is 0 Å². The zero-order valence-electron chi connectivity index (χ0n) is 26.6. The lowest BCUT2D eigenvalue weighted by atomic mass is 9.90. The molecule has 0 bridgehead atoms. The van der Waals surface area contributed by atoms with E-state index in [9.17, 15) is 0 Å². The van der Waals surface area contributed by atoms with Crippen LogP contribution in [0.5, 0.6) is 11.5 Å². The first-order valence-corrected chi connectivity index (χ1v) is 16.5. The van der Waals surface area contributed by atoms with Crippen molar-refractivity contribution in [3.05, 3.63) is 116 Å². The number of methoxy groups -OCH3 is 2. The van der Waals surface area contributed by atoms with Crippen LogP contribution in [0.4, 0.5) is 26.3 Å². The zero-order chi connectivity index (χ0) is 34.6. The van der Waals surface area contributed by atoms with E-state index in [-0.39, 0.29) is 31.8 Å². The molecule has 0 N–H and O–H groups in total. The Labute approximate surface area is 282 Å². The van der Waals surface area contributed by atoms with Crippen LogP contribution >= 0.6 is 22.7 Å². The van der Waals surface area contributed by atoms with Crippen LogP contribution in [0.1, 0.15) is 36.9 Å². The lowest BCUT2D eigenvalue weighted by Gasteiger charge is -2.26. The minimum atomic E-state index is -5.65. The van der Waals surface area contributed by atoms with Gasteiger partial charge in [-0.2, -0.15) is 26.3 Å². The Morgan fingerprint density at radius 2 is 1.12 bits per heavy atom. The largest absolute Gasteiger partial charge is 0.497 e. The first kappa shape index (κ1) is 33.6. The number of aryl methyl sites for hydroxylation is 2. The monoisotopic (exact) mass is 696 g/mol. The van der Waals surface area contributed by atoms with E-state index in [4.69, 9.17) is 9.47 Å². The number of benzene rings is 3. The maximum atomic E-state index is 15.9. The molecule has 0 radical (unpaired) electrons. The second kappa shape index (κ2) is 12.3. The van der Waals surface area contributed by atoms with Crippen LogP contribution in [-0.4, -0.2) is 32.0 Å². The molecule has 0 saturated carbocycles. The highest BCUT2D eigenvalue weighted by atomic mass is 32.1. The summed E-state index contributed by atoms with van der Waals surface area (Å²) in [5.74, 6) is -14.6. The SMILES string of the molecule is COc1ccc(C=CC=Cc2sc(C)c(C3=C(c4c(C)sc5cc(-c6ccc(OC)cc6)ccc45)C(F)(F)C(F)(F)C3(F)F)c2C)cc1. The van der Waals surface area contributed by atoms with E-state index in [0.29, 0.717) is 21.1 Å². The topological polar surface area (TPSA) is 18.5 Å². The third-order valence-electron chi connectivity index (χ3n) is 8.58. The molecule has 0 unspecified atom stereocenters. The Morgan fingerprint density at radius 3 is 1.73 bits per heavy atom. The average Bonchev–Trinajstić information content (AvgIpc) is 3.57. The number of alkyl halides is 6. The van der Waals surface area contributed by atoms with Crippen molar-refractivity contribution < 1.29 is 35.8 Å². The third-order valence-corrected chi connectivity index (χ3v) is 10.8. The fraction of sp³-hybridized carbons (Fsp3) is 0.211. The molecule has 1 aliphatic carbocycles. The number of fused-ring (bicyclic) bond motifs is 1. The summed E-state index contributed by atoms with van der Waals surface area (Å²) in [7, 11) is 3.12. The van der Waals surface area contributed by atoms with Gasteiger partial charge in [-0.3, -0.25) is 0 Å². The van der Waals surface area contributed by atoms with Crippen molar-refractivity contribution in [2.24, 2.45) is 0 Å². The van der Waals surface area contributed by atoms with Gasteiger partial charge in [0.2, 0.25) is 0 Å². The summed E-state index contributed by atoms with van der Waals surface area (Å²) in [6, 6.07) is 19.5. The minimum absolute atomic E-state index is 0.213. The second-order valence-electron chi connectivity index (χ2n) is 11.5. The molecule has 0 atom stereocenters. The van der Waals surface area contributed by atoms with Gasteiger partial charge in [0.1, 0.15) is 11.5 Å². The van der Waals surface area contributed by atoms with Gasteiger partial charge in [0.25, 0.3) is 0 Å². The van der Waals surface area contributed by atoms with Crippen LogP contribution in [0.3, 0.4) is 0 Å².